The molecule has 0 aromatic heterocycles. The molecule has 2 aromatic rings. The van der Waals surface area contributed by atoms with Crippen LogP contribution in [0.5, 0.6) is 0 Å². The second-order valence-electron chi connectivity index (χ2n) is 7.91. The topological polar surface area (TPSA) is 55.9 Å². The van der Waals surface area contributed by atoms with E-state index in [9.17, 15) is 22.8 Å². The molecule has 9 heteroatoms. The predicted molar refractivity (Wildman–Crippen MR) is 122 cm³/mol. The Morgan fingerprint density at radius 2 is 1.61 bits per heavy atom. The predicted octanol–water partition coefficient (Wildman–Crippen LogP) is 3.95. The molecule has 1 heterocycles. The van der Waals surface area contributed by atoms with Crippen molar-refractivity contribution in [3.05, 3.63) is 59.7 Å². The van der Waals surface area contributed by atoms with Crippen LogP contribution in [-0.4, -0.2) is 67.4 Å². The minimum Gasteiger partial charge on any atom is -0.369 e. The average Bonchev–Trinajstić information content (AvgIpc) is 2.80. The zero-order valence-corrected chi connectivity index (χ0v) is 18.9. The molecule has 3 rings (SSSR count). The van der Waals surface area contributed by atoms with Crippen molar-refractivity contribution in [1.82, 2.24) is 9.80 Å². The highest BCUT2D eigenvalue weighted by Crippen LogP contribution is 2.31. The largest absolute Gasteiger partial charge is 0.416 e. The Bertz CT molecular complexity index is 951. The molecule has 2 amide bonds. The van der Waals surface area contributed by atoms with Crippen LogP contribution in [0, 0.1) is 0 Å². The number of alkyl halides is 3. The van der Waals surface area contributed by atoms with Gasteiger partial charge in [-0.1, -0.05) is 6.07 Å². The molecule has 33 heavy (non-hydrogen) atoms. The number of anilines is 2. The fraction of sp³-hybridized carbons (Fsp3) is 0.417. The standard InChI is InChI=1S/C24H29F3N4O2/c1-3-30(4-2)23(33)18-8-10-20(11-9-18)28-22(32)17-29-12-14-31(15-13-29)21-7-5-6-19(16-21)24(25,26)27/h5-11,16H,3-4,12-15,17H2,1-2H3,(H,28,32). The second-order valence-corrected chi connectivity index (χ2v) is 7.91. The van der Waals surface area contributed by atoms with E-state index in [1.807, 2.05) is 23.6 Å². The van der Waals surface area contributed by atoms with E-state index < -0.39 is 11.7 Å². The Labute approximate surface area is 192 Å². The van der Waals surface area contributed by atoms with Crippen LogP contribution in [0.2, 0.25) is 0 Å². The second kappa shape index (κ2) is 10.7. The summed E-state index contributed by atoms with van der Waals surface area (Å²) in [5.74, 6) is -0.221. The summed E-state index contributed by atoms with van der Waals surface area (Å²) in [6, 6.07) is 12.1. The third-order valence-corrected chi connectivity index (χ3v) is 5.74. The number of carbonyl (C=O) groups is 2. The number of nitrogens with one attached hydrogen (secondary N) is 1. The van der Waals surface area contributed by atoms with Crippen LogP contribution in [0.3, 0.4) is 0 Å². The van der Waals surface area contributed by atoms with Gasteiger partial charge in [-0.2, -0.15) is 13.2 Å². The first-order valence-electron chi connectivity index (χ1n) is 11.0. The van der Waals surface area contributed by atoms with Crippen LogP contribution in [0.1, 0.15) is 29.8 Å². The van der Waals surface area contributed by atoms with Crippen molar-refractivity contribution in [3.8, 4) is 0 Å². The number of hydrogen-bond donors (Lipinski definition) is 1. The van der Waals surface area contributed by atoms with E-state index in [1.165, 1.54) is 6.07 Å². The molecule has 1 saturated heterocycles. The molecule has 1 fully saturated rings. The summed E-state index contributed by atoms with van der Waals surface area (Å²) in [6.07, 6.45) is -4.37. The molecule has 0 saturated carbocycles. The number of carbonyl (C=O) groups excluding carboxylic acids is 2. The van der Waals surface area contributed by atoms with Crippen molar-refractivity contribution in [2.45, 2.75) is 20.0 Å². The van der Waals surface area contributed by atoms with E-state index in [1.54, 1.807) is 35.2 Å². The number of hydrogen-bond acceptors (Lipinski definition) is 4. The molecule has 0 aliphatic carbocycles. The van der Waals surface area contributed by atoms with Crippen LogP contribution in [0.15, 0.2) is 48.5 Å². The lowest BCUT2D eigenvalue weighted by molar-refractivity contribution is -0.137. The number of benzene rings is 2. The summed E-state index contributed by atoms with van der Waals surface area (Å²) < 4.78 is 38.9. The monoisotopic (exact) mass is 462 g/mol. The summed E-state index contributed by atoms with van der Waals surface area (Å²) in [7, 11) is 0. The Morgan fingerprint density at radius 3 is 2.18 bits per heavy atom. The van der Waals surface area contributed by atoms with Gasteiger partial charge in [-0.15, -0.1) is 0 Å². The van der Waals surface area contributed by atoms with Gasteiger partial charge in [0.25, 0.3) is 5.91 Å². The fourth-order valence-electron chi connectivity index (χ4n) is 3.84. The van der Waals surface area contributed by atoms with Crippen LogP contribution in [0.4, 0.5) is 24.5 Å². The van der Waals surface area contributed by atoms with Crippen LogP contribution < -0.4 is 10.2 Å². The Balaban J connectivity index is 1.49. The van der Waals surface area contributed by atoms with Crippen molar-refractivity contribution in [2.75, 3.05) is 56.0 Å². The summed E-state index contributed by atoms with van der Waals surface area (Å²) in [4.78, 5) is 30.4. The molecule has 1 aliphatic heterocycles. The minimum atomic E-state index is -4.37. The molecule has 2 aromatic carbocycles. The van der Waals surface area contributed by atoms with Gasteiger partial charge < -0.3 is 15.1 Å². The van der Waals surface area contributed by atoms with E-state index in [0.29, 0.717) is 56.2 Å². The van der Waals surface area contributed by atoms with Crippen LogP contribution in [0.25, 0.3) is 0 Å². The van der Waals surface area contributed by atoms with E-state index >= 15 is 0 Å². The van der Waals surface area contributed by atoms with Gasteiger partial charge >= 0.3 is 6.18 Å². The molecular weight excluding hydrogens is 433 g/mol. The Kier molecular flexibility index (Phi) is 7.97. The summed E-state index contributed by atoms with van der Waals surface area (Å²) >= 11 is 0. The van der Waals surface area contributed by atoms with Crippen LogP contribution >= 0.6 is 0 Å². The van der Waals surface area contributed by atoms with Gasteiger partial charge in [-0.05, 0) is 56.3 Å². The van der Waals surface area contributed by atoms with E-state index in [4.69, 9.17) is 0 Å². The van der Waals surface area contributed by atoms with Gasteiger partial charge in [-0.3, -0.25) is 14.5 Å². The van der Waals surface area contributed by atoms with Crippen molar-refractivity contribution in [1.29, 1.82) is 0 Å². The van der Waals surface area contributed by atoms with Gasteiger partial charge in [0.05, 0.1) is 12.1 Å². The summed E-state index contributed by atoms with van der Waals surface area (Å²) in [6.45, 7) is 7.53. The zero-order chi connectivity index (χ0) is 24.0. The Morgan fingerprint density at radius 1 is 0.970 bits per heavy atom. The fourth-order valence-corrected chi connectivity index (χ4v) is 3.84. The third-order valence-electron chi connectivity index (χ3n) is 5.74. The third kappa shape index (κ3) is 6.47. The van der Waals surface area contributed by atoms with Crippen LogP contribution in [-0.2, 0) is 11.0 Å². The van der Waals surface area contributed by atoms with Crippen molar-refractivity contribution in [2.24, 2.45) is 0 Å². The molecular formula is C24H29F3N4O2. The van der Waals surface area contributed by atoms with Crippen molar-refractivity contribution in [3.63, 3.8) is 0 Å². The molecule has 0 atom stereocenters. The molecule has 1 aliphatic rings. The maximum Gasteiger partial charge on any atom is 0.416 e. The van der Waals surface area contributed by atoms with Crippen molar-refractivity contribution >= 4 is 23.2 Å². The van der Waals surface area contributed by atoms with Gasteiger partial charge in [0.15, 0.2) is 0 Å². The molecule has 0 unspecified atom stereocenters. The molecule has 0 radical (unpaired) electrons. The number of amides is 2. The maximum absolute atomic E-state index is 13.0. The number of piperazine rings is 1. The summed E-state index contributed by atoms with van der Waals surface area (Å²) in [5.41, 5.74) is 1.06. The maximum atomic E-state index is 13.0. The Hall–Kier alpha value is -3.07. The SMILES string of the molecule is CCN(CC)C(=O)c1ccc(NC(=O)CN2CCN(c3cccc(C(F)(F)F)c3)CC2)cc1. The highest BCUT2D eigenvalue weighted by molar-refractivity contribution is 5.96. The first kappa shape index (κ1) is 24.6. The van der Waals surface area contributed by atoms with Gasteiger partial charge in [-0.25, -0.2) is 0 Å². The molecule has 178 valence electrons. The number of rotatable bonds is 7. The molecule has 6 nitrogen and oxygen atoms in total. The molecule has 1 N–H and O–H groups in total. The lowest BCUT2D eigenvalue weighted by Crippen LogP contribution is -2.48. The first-order chi connectivity index (χ1) is 15.7. The lowest BCUT2D eigenvalue weighted by Gasteiger charge is -2.36. The highest BCUT2D eigenvalue weighted by Gasteiger charge is 2.31. The zero-order valence-electron chi connectivity index (χ0n) is 18.9. The summed E-state index contributed by atoms with van der Waals surface area (Å²) in [5, 5.41) is 2.84. The van der Waals surface area contributed by atoms with Gasteiger partial charge in [0.1, 0.15) is 0 Å². The minimum absolute atomic E-state index is 0.0449. The normalized spacial score (nSPS) is 14.8. The van der Waals surface area contributed by atoms with E-state index in [0.717, 1.165) is 12.1 Å². The number of halogens is 3. The number of nitrogens with zero attached hydrogens (tertiary/aromatic N) is 3. The van der Waals surface area contributed by atoms with E-state index in [-0.39, 0.29) is 18.4 Å². The van der Waals surface area contributed by atoms with E-state index in [2.05, 4.69) is 5.32 Å². The first-order valence-corrected chi connectivity index (χ1v) is 11.0. The smallest absolute Gasteiger partial charge is 0.369 e. The van der Waals surface area contributed by atoms with Crippen molar-refractivity contribution < 1.29 is 22.8 Å². The quantitative estimate of drug-likeness (QED) is 0.677. The van der Waals surface area contributed by atoms with Gasteiger partial charge in [0, 0.05) is 56.2 Å². The molecule has 0 spiro atoms. The molecule has 0 bridgehead atoms. The van der Waals surface area contributed by atoms with Gasteiger partial charge in [0.2, 0.25) is 5.91 Å². The lowest BCUT2D eigenvalue weighted by atomic mass is 10.1. The highest BCUT2D eigenvalue weighted by atomic mass is 19.4. The average molecular weight is 463 g/mol.